The van der Waals surface area contributed by atoms with Gasteiger partial charge in [0.05, 0.1) is 0 Å². The van der Waals surface area contributed by atoms with Crippen molar-refractivity contribution in [3.63, 3.8) is 0 Å². The van der Waals surface area contributed by atoms with Gasteiger partial charge in [-0.15, -0.1) is 0 Å². The first kappa shape index (κ1) is 9.03. The van der Waals surface area contributed by atoms with Gasteiger partial charge in [0.15, 0.2) is 0 Å². The maximum absolute atomic E-state index is 10.7. The maximum atomic E-state index is 10.7. The summed E-state index contributed by atoms with van der Waals surface area (Å²) in [7, 11) is 0. The molecule has 12 heavy (non-hydrogen) atoms. The van der Waals surface area contributed by atoms with E-state index < -0.39 is 5.91 Å². The minimum atomic E-state index is -0.471. The molecule has 0 unspecified atom stereocenters. The molecule has 0 heterocycles. The second-order valence-electron chi connectivity index (χ2n) is 2.37. The Kier molecular flexibility index (Phi) is 2.68. The molecular formula is C8H9ClN2O. The summed E-state index contributed by atoms with van der Waals surface area (Å²) in [5.41, 5.74) is 11.6. The average molecular weight is 185 g/mol. The maximum Gasteiger partial charge on any atom is 0.248 e. The lowest BCUT2D eigenvalue weighted by Gasteiger charge is -2.01. The predicted octanol–water partition coefficient (Wildman–Crippen LogP) is 0.898. The number of benzene rings is 1. The lowest BCUT2D eigenvalue weighted by molar-refractivity contribution is 0.1000. The first-order valence-corrected chi connectivity index (χ1v) is 3.81. The number of carbonyl (C=O) groups is 1. The summed E-state index contributed by atoms with van der Waals surface area (Å²) in [6.45, 7) is 0.306. The Hall–Kier alpha value is -1.06. The molecule has 0 spiro atoms. The molecule has 0 aliphatic rings. The lowest BCUT2D eigenvalue weighted by atomic mass is 10.1. The van der Waals surface area contributed by atoms with Crippen molar-refractivity contribution in [2.75, 3.05) is 0 Å². The number of rotatable bonds is 2. The molecule has 0 saturated carbocycles. The molecule has 1 aromatic carbocycles. The quantitative estimate of drug-likeness (QED) is 0.717. The van der Waals surface area contributed by atoms with Gasteiger partial charge in [-0.1, -0.05) is 11.6 Å². The highest BCUT2D eigenvalue weighted by Gasteiger charge is 2.03. The van der Waals surface area contributed by atoms with Crippen LogP contribution in [0.1, 0.15) is 15.9 Å². The first-order valence-electron chi connectivity index (χ1n) is 3.43. The molecule has 64 valence electrons. The van der Waals surface area contributed by atoms with Crippen molar-refractivity contribution in [3.05, 3.63) is 34.3 Å². The van der Waals surface area contributed by atoms with Crippen molar-refractivity contribution in [1.82, 2.24) is 0 Å². The van der Waals surface area contributed by atoms with Crippen LogP contribution >= 0.6 is 11.6 Å². The number of halogens is 1. The van der Waals surface area contributed by atoms with E-state index in [0.29, 0.717) is 17.1 Å². The molecule has 0 aromatic heterocycles. The monoisotopic (exact) mass is 184 g/mol. The van der Waals surface area contributed by atoms with Crippen LogP contribution in [-0.2, 0) is 6.54 Å². The molecule has 1 rings (SSSR count). The Morgan fingerprint density at radius 1 is 1.50 bits per heavy atom. The van der Waals surface area contributed by atoms with Crippen LogP contribution in [-0.4, -0.2) is 5.91 Å². The molecule has 3 nitrogen and oxygen atoms in total. The number of hydrogen-bond donors (Lipinski definition) is 2. The number of hydrogen-bond acceptors (Lipinski definition) is 2. The number of primary amides is 1. The second kappa shape index (κ2) is 3.56. The largest absolute Gasteiger partial charge is 0.366 e. The van der Waals surface area contributed by atoms with Gasteiger partial charge in [0.1, 0.15) is 0 Å². The zero-order chi connectivity index (χ0) is 9.14. The van der Waals surface area contributed by atoms with Gasteiger partial charge in [-0.05, 0) is 23.8 Å². The van der Waals surface area contributed by atoms with E-state index in [1.165, 1.54) is 0 Å². The first-order chi connectivity index (χ1) is 5.65. The van der Waals surface area contributed by atoms with Crippen LogP contribution in [0.5, 0.6) is 0 Å². The van der Waals surface area contributed by atoms with Crippen LogP contribution in [0.15, 0.2) is 18.2 Å². The van der Waals surface area contributed by atoms with Gasteiger partial charge in [0.25, 0.3) is 0 Å². The van der Waals surface area contributed by atoms with Gasteiger partial charge in [-0.3, -0.25) is 4.79 Å². The Morgan fingerprint density at radius 3 is 2.67 bits per heavy atom. The van der Waals surface area contributed by atoms with Crippen LogP contribution in [0.2, 0.25) is 5.02 Å². The van der Waals surface area contributed by atoms with Gasteiger partial charge in [0, 0.05) is 17.1 Å². The molecular weight excluding hydrogens is 176 g/mol. The van der Waals surface area contributed by atoms with Crippen LogP contribution in [0.25, 0.3) is 0 Å². The predicted molar refractivity (Wildman–Crippen MR) is 47.9 cm³/mol. The number of carbonyl (C=O) groups excluding carboxylic acids is 1. The molecule has 1 amide bonds. The Morgan fingerprint density at radius 2 is 2.17 bits per heavy atom. The fraction of sp³-hybridized carbons (Fsp3) is 0.125. The molecule has 0 bridgehead atoms. The van der Waals surface area contributed by atoms with E-state index in [1.54, 1.807) is 18.2 Å². The SMILES string of the molecule is NCc1cc(C(N)=O)ccc1Cl. The van der Waals surface area contributed by atoms with Gasteiger partial charge in [0.2, 0.25) is 5.91 Å². The third-order valence-electron chi connectivity index (χ3n) is 1.55. The second-order valence-corrected chi connectivity index (χ2v) is 2.78. The molecule has 4 N–H and O–H groups in total. The van der Waals surface area contributed by atoms with Gasteiger partial charge in [-0.25, -0.2) is 0 Å². The van der Waals surface area contributed by atoms with Crippen LogP contribution in [0, 0.1) is 0 Å². The highest BCUT2D eigenvalue weighted by Crippen LogP contribution is 2.16. The Balaban J connectivity index is 3.13. The molecule has 0 fully saturated rings. The van der Waals surface area contributed by atoms with E-state index in [4.69, 9.17) is 23.1 Å². The van der Waals surface area contributed by atoms with Gasteiger partial charge >= 0.3 is 0 Å². The van der Waals surface area contributed by atoms with Crippen LogP contribution < -0.4 is 11.5 Å². The summed E-state index contributed by atoms with van der Waals surface area (Å²) in [6, 6.07) is 4.79. The molecule has 1 aromatic rings. The lowest BCUT2D eigenvalue weighted by Crippen LogP contribution is -2.11. The number of amides is 1. The molecule has 0 aliphatic carbocycles. The normalized spacial score (nSPS) is 9.83. The van der Waals surface area contributed by atoms with Gasteiger partial charge < -0.3 is 11.5 Å². The van der Waals surface area contributed by atoms with Crippen LogP contribution in [0.3, 0.4) is 0 Å². The van der Waals surface area contributed by atoms with Crippen molar-refractivity contribution in [2.24, 2.45) is 11.5 Å². The van der Waals surface area contributed by atoms with E-state index >= 15 is 0 Å². The Labute approximate surface area is 75.3 Å². The van der Waals surface area contributed by atoms with Crippen molar-refractivity contribution >= 4 is 17.5 Å². The van der Waals surface area contributed by atoms with E-state index in [0.717, 1.165) is 5.56 Å². The number of nitrogens with two attached hydrogens (primary N) is 2. The van der Waals surface area contributed by atoms with Crippen molar-refractivity contribution in [2.45, 2.75) is 6.54 Å². The van der Waals surface area contributed by atoms with E-state index in [-0.39, 0.29) is 0 Å². The molecule has 0 aliphatic heterocycles. The summed E-state index contributed by atoms with van der Waals surface area (Å²) in [6.07, 6.45) is 0. The smallest absolute Gasteiger partial charge is 0.248 e. The van der Waals surface area contributed by atoms with E-state index in [1.807, 2.05) is 0 Å². The zero-order valence-corrected chi connectivity index (χ0v) is 7.14. The highest BCUT2D eigenvalue weighted by atomic mass is 35.5. The van der Waals surface area contributed by atoms with Crippen molar-refractivity contribution in [3.8, 4) is 0 Å². The Bertz CT molecular complexity index is 312. The summed E-state index contributed by atoms with van der Waals surface area (Å²) < 4.78 is 0. The fourth-order valence-corrected chi connectivity index (χ4v) is 1.08. The highest BCUT2D eigenvalue weighted by molar-refractivity contribution is 6.31. The topological polar surface area (TPSA) is 69.1 Å². The summed E-state index contributed by atoms with van der Waals surface area (Å²) in [4.78, 5) is 10.7. The van der Waals surface area contributed by atoms with Crippen molar-refractivity contribution in [1.29, 1.82) is 0 Å². The average Bonchev–Trinajstić information content (AvgIpc) is 2.05. The fourth-order valence-electron chi connectivity index (χ4n) is 0.884. The third-order valence-corrected chi connectivity index (χ3v) is 1.92. The van der Waals surface area contributed by atoms with E-state index in [2.05, 4.69) is 0 Å². The molecule has 0 saturated heterocycles. The van der Waals surface area contributed by atoms with Crippen molar-refractivity contribution < 1.29 is 4.79 Å². The summed E-state index contributed by atoms with van der Waals surface area (Å²) in [5, 5.41) is 0.558. The molecule has 0 radical (unpaired) electrons. The molecule has 4 heteroatoms. The standard InChI is InChI=1S/C8H9ClN2O/c9-7-2-1-5(8(11)12)3-6(7)4-10/h1-3H,4,10H2,(H2,11,12). The minimum Gasteiger partial charge on any atom is -0.366 e. The van der Waals surface area contributed by atoms with Gasteiger partial charge in [-0.2, -0.15) is 0 Å². The summed E-state index contributed by atoms with van der Waals surface area (Å²) >= 11 is 5.77. The third kappa shape index (κ3) is 1.75. The minimum absolute atomic E-state index is 0.306. The zero-order valence-electron chi connectivity index (χ0n) is 6.38. The summed E-state index contributed by atoms with van der Waals surface area (Å²) in [5.74, 6) is -0.471. The molecule has 0 atom stereocenters. The van der Waals surface area contributed by atoms with E-state index in [9.17, 15) is 4.79 Å². The van der Waals surface area contributed by atoms with Crippen LogP contribution in [0.4, 0.5) is 0 Å².